The first kappa shape index (κ1) is 76.1. The Balaban J connectivity index is 0.00000776. The second-order valence-electron chi connectivity index (χ2n) is 23.5. The number of amides is 7. The number of nitrogens with zero attached hydrogens (tertiary/aromatic N) is 3. The Morgan fingerprint density at radius 2 is 1.33 bits per heavy atom. The van der Waals surface area contributed by atoms with Crippen molar-refractivity contribution in [2.45, 2.75) is 190 Å². The number of hydrogen-bond donors (Lipinski definition) is 11. The quantitative estimate of drug-likeness (QED) is 0.0198. The number of rotatable bonds is 30. The van der Waals surface area contributed by atoms with E-state index >= 15 is 0 Å². The maximum Gasteiger partial charge on any atom is 0.315 e. The largest absolute Gasteiger partial charge is 0.508 e. The minimum absolute atomic E-state index is 0.0217. The Morgan fingerprint density at radius 1 is 0.667 bits per heavy atom. The van der Waals surface area contributed by atoms with Gasteiger partial charge in [-0.25, -0.2) is 4.79 Å². The van der Waals surface area contributed by atoms with Crippen molar-refractivity contribution in [1.29, 1.82) is 5.41 Å². The van der Waals surface area contributed by atoms with Crippen molar-refractivity contribution in [2.75, 3.05) is 52.0 Å². The van der Waals surface area contributed by atoms with Gasteiger partial charge in [0.2, 0.25) is 29.5 Å². The number of urea groups is 1. The molecule has 28 heteroatoms. The van der Waals surface area contributed by atoms with Gasteiger partial charge in [-0.2, -0.15) is 11.8 Å². The molecule has 0 radical (unpaired) electrons. The number of aromatic hydroxyl groups is 1. The number of Topliss-reactive ketones (excluding diaryl/α,β-unsaturated/α-hetero) is 4. The minimum atomic E-state index is -1.51. The lowest BCUT2D eigenvalue weighted by Crippen LogP contribution is -2.54. The Kier molecular flexibility index (Phi) is 34.2. The highest BCUT2D eigenvalue weighted by Gasteiger charge is 2.42. The summed E-state index contributed by atoms with van der Waals surface area (Å²) in [7, 11) is 0. The van der Waals surface area contributed by atoms with Crippen molar-refractivity contribution in [2.24, 2.45) is 23.3 Å². The minimum Gasteiger partial charge on any atom is -0.508 e. The molecule has 3 aliphatic heterocycles. The molecule has 4 heterocycles. The van der Waals surface area contributed by atoms with Gasteiger partial charge in [-0.15, -0.1) is 5.10 Å². The number of carbonyl (C=O) groups excluding carboxylic acids is 10. The Bertz CT molecular complexity index is 2900. The van der Waals surface area contributed by atoms with Crippen LogP contribution < -0.4 is 43.4 Å². The van der Waals surface area contributed by atoms with Crippen LogP contribution in [0.4, 0.5) is 4.79 Å². The van der Waals surface area contributed by atoms with E-state index in [9.17, 15) is 58.2 Å². The van der Waals surface area contributed by atoms with Gasteiger partial charge in [-0.1, -0.05) is 74.4 Å². The number of ether oxygens (including phenoxy) is 3. The molecule has 512 valence electrons. The Labute approximate surface area is 547 Å². The molecule has 3 aliphatic rings. The van der Waals surface area contributed by atoms with Crippen molar-refractivity contribution < 1.29 is 72.4 Å². The predicted molar refractivity (Wildman–Crippen MR) is 346 cm³/mol. The highest BCUT2D eigenvalue weighted by atomic mass is 32.2. The monoisotopic (exact) mass is 1320 g/mol. The molecule has 2 aromatic carbocycles. The fraction of sp³-hybridized carbons (Fsp3) is 0.615. The zero-order valence-corrected chi connectivity index (χ0v) is 54.4. The molecule has 7 amide bonds. The number of aromatic nitrogens is 3. The van der Waals surface area contributed by atoms with E-state index in [2.05, 4.69) is 42.2 Å². The summed E-state index contributed by atoms with van der Waals surface area (Å²) in [4.78, 5) is 135. The van der Waals surface area contributed by atoms with Crippen LogP contribution in [0.15, 0.2) is 60.8 Å². The van der Waals surface area contributed by atoms with Gasteiger partial charge in [0.1, 0.15) is 30.2 Å². The normalized spacial score (nSPS) is 22.9. The number of amidine groups is 1. The number of carbonyl (C=O) groups is 10. The Hall–Kier alpha value is -7.66. The molecule has 3 aromatic rings. The summed E-state index contributed by atoms with van der Waals surface area (Å²) in [6, 6.07) is 9.94. The van der Waals surface area contributed by atoms with Crippen molar-refractivity contribution in [3.05, 3.63) is 77.6 Å². The lowest BCUT2D eigenvalue weighted by atomic mass is 9.88. The summed E-state index contributed by atoms with van der Waals surface area (Å²) in [5, 5.41) is 53.4. The topological polar surface area (TPSA) is 418 Å². The lowest BCUT2D eigenvalue weighted by Gasteiger charge is -2.25. The second kappa shape index (κ2) is 41.8. The number of primary amides is 1. The molecule has 2 saturated heterocycles. The molecule has 6 rings (SSSR count). The molecule has 1 aromatic heterocycles. The van der Waals surface area contributed by atoms with Gasteiger partial charge in [-0.05, 0) is 87.5 Å². The molecular weight excluding hydrogens is 1220 g/mol. The van der Waals surface area contributed by atoms with Gasteiger partial charge in [0.05, 0.1) is 74.6 Å². The van der Waals surface area contributed by atoms with E-state index in [1.54, 1.807) is 48.7 Å². The third kappa shape index (κ3) is 28.2. The predicted octanol–water partition coefficient (Wildman–Crippen LogP) is 2.76. The zero-order valence-electron chi connectivity index (χ0n) is 53.6. The van der Waals surface area contributed by atoms with E-state index in [0.717, 1.165) is 25.0 Å². The number of nitrogens with two attached hydrogens (primary N) is 2. The van der Waals surface area contributed by atoms with Crippen LogP contribution in [0.25, 0.3) is 0 Å². The number of phenols is 1. The smallest absolute Gasteiger partial charge is 0.315 e. The number of aryl methyl sites for hydroxylation is 1. The number of thioether (sulfide) groups is 1. The fourth-order valence-corrected chi connectivity index (χ4v) is 12.6. The van der Waals surface area contributed by atoms with Gasteiger partial charge in [0.15, 0.2) is 17.3 Å². The molecule has 0 aliphatic carbocycles. The first-order valence-corrected chi connectivity index (χ1v) is 33.5. The summed E-state index contributed by atoms with van der Waals surface area (Å²) in [5.74, 6) is -6.75. The number of unbranched alkanes of at least 4 members (excludes halogenated alkanes) is 2. The fourth-order valence-electron chi connectivity index (χ4n) is 11.1. The standard InChI is InChI=1S/C63H90N12O15S.C2H6/c64-56(65)18-7-5-15-48-53(80)23-24-57(82)67-51(37-76)62(86)69-49(59(66)83)16-8-9-25-75-36-44(73-74-75)33-43(61(85)70-50(32-41-19-21-46(78)22-20-41)54(81)35-42(60(84)68-48)31-40-11-2-1-3-12-40)34-47(79)38-90-30-29-89-28-27-88-26-10-14-45(77)13-4-6-17-55-58-52(39-91-55)71-63(87)72-58;1-2/h1-3,11-12,19-22,36,42-43,48-52,55,58,76,78H,4-10,13-18,23-35,37-39H2,(H3,64,65)(H2,66,83)(H,67,82)(H,68,84)(H,69,86)(H,70,85)(H2,71,72,87);1-2H3/t42-,43+,48?,49-,50+,51+,52+,55+,58+;/m0./s1. The van der Waals surface area contributed by atoms with E-state index in [0.29, 0.717) is 73.6 Å². The number of phenolic OH excluding ortho intramolecular Hbond substituents is 1. The van der Waals surface area contributed by atoms with Crippen LogP contribution in [0.2, 0.25) is 0 Å². The molecule has 0 spiro atoms. The molecule has 2 fully saturated rings. The summed E-state index contributed by atoms with van der Waals surface area (Å²) in [6.45, 7) is 4.13. The van der Waals surface area contributed by atoms with Crippen LogP contribution >= 0.6 is 11.8 Å². The number of aliphatic hydroxyl groups excluding tert-OH is 1. The third-order valence-corrected chi connectivity index (χ3v) is 17.6. The first-order chi connectivity index (χ1) is 44.8. The molecule has 93 heavy (non-hydrogen) atoms. The number of fused-ring (bicyclic) bond motifs is 3. The molecule has 27 nitrogen and oxygen atoms in total. The van der Waals surface area contributed by atoms with Gasteiger partial charge < -0.3 is 67.8 Å². The van der Waals surface area contributed by atoms with Gasteiger partial charge in [0.25, 0.3) is 0 Å². The van der Waals surface area contributed by atoms with Crippen LogP contribution in [0.5, 0.6) is 5.75 Å². The average molecular weight is 1320 g/mol. The maximum atomic E-state index is 14.9. The van der Waals surface area contributed by atoms with Crippen LogP contribution in [0.1, 0.15) is 140 Å². The summed E-state index contributed by atoms with van der Waals surface area (Å²) < 4.78 is 18.5. The number of hydrogen-bond acceptors (Lipinski definition) is 19. The van der Waals surface area contributed by atoms with E-state index < -0.39 is 109 Å². The third-order valence-electron chi connectivity index (χ3n) is 16.1. The van der Waals surface area contributed by atoms with E-state index in [4.69, 9.17) is 31.1 Å². The molecule has 1 unspecified atom stereocenters. The number of benzene rings is 2. The lowest BCUT2D eigenvalue weighted by molar-refractivity contribution is -0.135. The van der Waals surface area contributed by atoms with Crippen LogP contribution in [0.3, 0.4) is 0 Å². The van der Waals surface area contributed by atoms with Crippen LogP contribution in [0, 0.1) is 17.2 Å². The molecule has 0 saturated carbocycles. The summed E-state index contributed by atoms with van der Waals surface area (Å²) >= 11 is 1.86. The van der Waals surface area contributed by atoms with Crippen LogP contribution in [-0.4, -0.2) is 183 Å². The van der Waals surface area contributed by atoms with E-state index in [-0.39, 0.29) is 120 Å². The van der Waals surface area contributed by atoms with Crippen LogP contribution in [-0.2, 0) is 83.2 Å². The van der Waals surface area contributed by atoms with Crippen molar-refractivity contribution in [3.63, 3.8) is 0 Å². The van der Waals surface area contributed by atoms with E-state index in [1.165, 1.54) is 16.8 Å². The Morgan fingerprint density at radius 3 is 2.05 bits per heavy atom. The summed E-state index contributed by atoms with van der Waals surface area (Å²) in [5.41, 5.74) is 12.8. The maximum absolute atomic E-state index is 14.9. The second-order valence-corrected chi connectivity index (χ2v) is 24.7. The van der Waals surface area contributed by atoms with Gasteiger partial charge in [-0.3, -0.25) is 53.2 Å². The highest BCUT2D eigenvalue weighted by molar-refractivity contribution is 8.00. The van der Waals surface area contributed by atoms with Crippen molar-refractivity contribution in [1.82, 2.24) is 46.9 Å². The number of ketones is 4. The first-order valence-electron chi connectivity index (χ1n) is 32.5. The van der Waals surface area contributed by atoms with Gasteiger partial charge in [0, 0.05) is 87.6 Å². The van der Waals surface area contributed by atoms with E-state index in [1.807, 2.05) is 25.6 Å². The van der Waals surface area contributed by atoms with Gasteiger partial charge >= 0.3 is 6.03 Å². The molecule has 9 atom stereocenters. The number of aliphatic hydroxyl groups is 1. The average Bonchev–Trinajstić information content (AvgIpc) is 1.71. The molecule has 2 bridgehead atoms. The SMILES string of the molecule is CC.N=C(N)CCCCC1NC(=O)[C@@H](Cc2ccccc2)CC(=O)[C@@H](Cc2ccc(O)cc2)NC(=O)[C@@H](CC(=O)COCCOCCOCCCC(=O)CCCC[C@H]2SC[C@H]3NC(=O)N[C@H]32)Cc2cn(nn2)CCCC[C@@H](C(N)=O)NC(=O)[C@@H](CO)NC(=O)CCC1=O. The van der Waals surface area contributed by atoms with Crippen molar-refractivity contribution >= 4 is 76.3 Å². The summed E-state index contributed by atoms with van der Waals surface area (Å²) in [6.07, 6.45) is 5.77. The highest BCUT2D eigenvalue weighted by Crippen LogP contribution is 2.33. The molecule has 13 N–H and O–H groups in total. The van der Waals surface area contributed by atoms with Crippen molar-refractivity contribution in [3.8, 4) is 5.75 Å². The molecular formula is C65H96N12O15S. The number of nitrogens with one attached hydrogen (secondary N) is 7. The zero-order chi connectivity index (χ0) is 67.5.